The van der Waals surface area contributed by atoms with Crippen LogP contribution in [0.1, 0.15) is 48.4 Å². The van der Waals surface area contributed by atoms with Gasteiger partial charge in [0.05, 0.1) is 28.7 Å². The number of amides is 1. The Labute approximate surface area is 196 Å². The fourth-order valence-electron chi connectivity index (χ4n) is 3.26. The van der Waals surface area contributed by atoms with Crippen LogP contribution in [0.25, 0.3) is 10.9 Å². The minimum Gasteiger partial charge on any atom is -0.459 e. The van der Waals surface area contributed by atoms with E-state index < -0.39 is 27.5 Å². The number of ketones is 1. The summed E-state index contributed by atoms with van der Waals surface area (Å²) in [5.41, 5.74) is 0.330. The molecule has 3 aromatic rings. The van der Waals surface area contributed by atoms with Crippen molar-refractivity contribution in [3.8, 4) is 0 Å². The van der Waals surface area contributed by atoms with Crippen molar-refractivity contribution in [3.63, 3.8) is 0 Å². The number of carbonyl (C=O) groups is 3. The molecule has 2 heterocycles. The lowest BCUT2D eigenvalue weighted by Gasteiger charge is -2.20. The minimum atomic E-state index is -3.73. The summed E-state index contributed by atoms with van der Waals surface area (Å²) in [6.45, 7) is 6.39. The maximum atomic E-state index is 12.7. The van der Waals surface area contributed by atoms with Crippen molar-refractivity contribution in [2.75, 3.05) is 16.3 Å². The lowest BCUT2D eigenvalue weighted by atomic mass is 10.1. The summed E-state index contributed by atoms with van der Waals surface area (Å²) < 4.78 is 33.2. The highest BCUT2D eigenvalue weighted by molar-refractivity contribution is 7.92. The van der Waals surface area contributed by atoms with E-state index in [-0.39, 0.29) is 34.8 Å². The Morgan fingerprint density at radius 3 is 2.29 bits per heavy atom. The number of esters is 1. The number of aromatic nitrogens is 3. The number of anilines is 2. The Morgan fingerprint density at radius 2 is 1.74 bits per heavy atom. The van der Waals surface area contributed by atoms with Gasteiger partial charge in [0.1, 0.15) is 18.5 Å². The van der Waals surface area contributed by atoms with Gasteiger partial charge in [-0.15, -0.1) is 0 Å². The van der Waals surface area contributed by atoms with E-state index in [9.17, 15) is 22.8 Å². The smallest absolute Gasteiger partial charge is 0.326 e. The highest BCUT2D eigenvalue weighted by Gasteiger charge is 2.22. The number of sulfonamides is 1. The molecule has 12 heteroatoms. The first-order chi connectivity index (χ1) is 15.7. The predicted octanol–water partition coefficient (Wildman–Crippen LogP) is 2.60. The summed E-state index contributed by atoms with van der Waals surface area (Å²) in [5, 5.41) is 3.04. The number of nitrogens with one attached hydrogen (secondary N) is 2. The largest absolute Gasteiger partial charge is 0.459 e. The highest BCUT2D eigenvalue weighted by Crippen LogP contribution is 2.33. The molecule has 0 aliphatic heterocycles. The van der Waals surface area contributed by atoms with Crippen molar-refractivity contribution in [3.05, 3.63) is 48.2 Å². The predicted molar refractivity (Wildman–Crippen MR) is 126 cm³/mol. The molecule has 2 aromatic heterocycles. The van der Waals surface area contributed by atoms with Gasteiger partial charge in [-0.2, -0.15) is 0 Å². The second-order valence-electron chi connectivity index (χ2n) is 8.68. The van der Waals surface area contributed by atoms with E-state index in [0.29, 0.717) is 10.9 Å². The van der Waals surface area contributed by atoms with Crippen LogP contribution < -0.4 is 10.0 Å². The van der Waals surface area contributed by atoms with Crippen LogP contribution in [0.15, 0.2) is 37.1 Å². The SMILES string of the molecule is CC(=O)c1cn(CC(=O)OC(C)(C)C)c2cc(NC(=O)c3cncnc3)c(NS(C)(=O)=O)cc12. The first-order valence-corrected chi connectivity index (χ1v) is 12.1. The number of ether oxygens (including phenoxy) is 1. The Hall–Kier alpha value is -3.80. The molecule has 11 nitrogen and oxygen atoms in total. The topological polar surface area (TPSA) is 149 Å². The highest BCUT2D eigenvalue weighted by atomic mass is 32.2. The Morgan fingerprint density at radius 1 is 1.09 bits per heavy atom. The first-order valence-electron chi connectivity index (χ1n) is 10.2. The molecular formula is C22H25N5O6S. The fourth-order valence-corrected chi connectivity index (χ4v) is 3.83. The van der Waals surface area contributed by atoms with Crippen molar-refractivity contribution < 1.29 is 27.5 Å². The summed E-state index contributed by atoms with van der Waals surface area (Å²) in [5.74, 6) is -1.38. The van der Waals surface area contributed by atoms with Gasteiger partial charge in [0.15, 0.2) is 5.78 Å². The van der Waals surface area contributed by atoms with E-state index in [1.807, 2.05) is 0 Å². The molecule has 0 atom stereocenters. The molecule has 0 bridgehead atoms. The van der Waals surface area contributed by atoms with E-state index in [4.69, 9.17) is 4.74 Å². The number of carbonyl (C=O) groups excluding carboxylic acids is 3. The number of nitrogens with zero attached hydrogens (tertiary/aromatic N) is 3. The van der Waals surface area contributed by atoms with Crippen LogP contribution in [-0.2, 0) is 26.1 Å². The quantitative estimate of drug-likeness (QED) is 0.381. The average molecular weight is 488 g/mol. The van der Waals surface area contributed by atoms with Crippen LogP contribution in [-0.4, -0.2) is 52.5 Å². The number of hydrogen-bond acceptors (Lipinski definition) is 8. The van der Waals surface area contributed by atoms with Gasteiger partial charge < -0.3 is 14.6 Å². The third kappa shape index (κ3) is 6.16. The molecule has 0 unspecified atom stereocenters. The molecule has 2 N–H and O–H groups in total. The molecule has 0 radical (unpaired) electrons. The van der Waals surface area contributed by atoms with Gasteiger partial charge in [0.2, 0.25) is 10.0 Å². The zero-order chi connectivity index (χ0) is 25.3. The molecule has 0 aliphatic rings. The monoisotopic (exact) mass is 487 g/mol. The van der Waals surface area contributed by atoms with Crippen molar-refractivity contribution in [2.45, 2.75) is 39.8 Å². The van der Waals surface area contributed by atoms with Crippen LogP contribution in [0.2, 0.25) is 0 Å². The molecular weight excluding hydrogens is 462 g/mol. The molecule has 0 fully saturated rings. The second-order valence-corrected chi connectivity index (χ2v) is 10.4. The fraction of sp³-hybridized carbons (Fsp3) is 0.318. The number of hydrogen-bond donors (Lipinski definition) is 2. The Kier molecular flexibility index (Phi) is 6.73. The molecule has 0 aliphatic carbocycles. The number of fused-ring (bicyclic) bond motifs is 1. The van der Waals surface area contributed by atoms with Crippen molar-refractivity contribution in [2.24, 2.45) is 0 Å². The van der Waals surface area contributed by atoms with Crippen LogP contribution in [0.5, 0.6) is 0 Å². The molecule has 1 aromatic carbocycles. The lowest BCUT2D eigenvalue weighted by molar-refractivity contribution is -0.155. The first kappa shape index (κ1) is 24.8. The summed E-state index contributed by atoms with van der Waals surface area (Å²) >= 11 is 0. The van der Waals surface area contributed by atoms with Crippen LogP contribution in [0.4, 0.5) is 11.4 Å². The maximum Gasteiger partial charge on any atom is 0.326 e. The summed E-state index contributed by atoms with van der Waals surface area (Å²) in [6.07, 6.45) is 6.35. The Bertz CT molecular complexity index is 1370. The third-order valence-corrected chi connectivity index (χ3v) is 5.08. The van der Waals surface area contributed by atoms with Gasteiger partial charge >= 0.3 is 5.97 Å². The van der Waals surface area contributed by atoms with E-state index in [1.165, 1.54) is 48.5 Å². The third-order valence-electron chi connectivity index (χ3n) is 4.49. The zero-order valence-electron chi connectivity index (χ0n) is 19.4. The number of Topliss-reactive ketones (excluding diaryl/α,β-unsaturated/α-hetero) is 1. The molecule has 34 heavy (non-hydrogen) atoms. The van der Waals surface area contributed by atoms with E-state index in [0.717, 1.165) is 6.26 Å². The Balaban J connectivity index is 2.14. The molecule has 180 valence electrons. The average Bonchev–Trinajstić information content (AvgIpc) is 3.03. The van der Waals surface area contributed by atoms with Gasteiger partial charge in [-0.3, -0.25) is 19.1 Å². The van der Waals surface area contributed by atoms with Crippen LogP contribution in [0.3, 0.4) is 0 Å². The number of rotatable bonds is 7. The van der Waals surface area contributed by atoms with Crippen molar-refractivity contribution in [1.82, 2.24) is 14.5 Å². The van der Waals surface area contributed by atoms with Gasteiger partial charge in [0.25, 0.3) is 5.91 Å². The number of benzene rings is 1. The van der Waals surface area contributed by atoms with Gasteiger partial charge in [-0.05, 0) is 39.8 Å². The van der Waals surface area contributed by atoms with E-state index >= 15 is 0 Å². The summed E-state index contributed by atoms with van der Waals surface area (Å²) in [6, 6.07) is 2.93. The molecule has 0 saturated heterocycles. The molecule has 0 spiro atoms. The van der Waals surface area contributed by atoms with Gasteiger partial charge in [0, 0.05) is 29.5 Å². The summed E-state index contributed by atoms with van der Waals surface area (Å²) in [7, 11) is -3.73. The minimum absolute atomic E-state index is 0.0534. The van der Waals surface area contributed by atoms with Gasteiger partial charge in [-0.1, -0.05) is 0 Å². The van der Waals surface area contributed by atoms with Gasteiger partial charge in [-0.25, -0.2) is 18.4 Å². The maximum absolute atomic E-state index is 12.7. The second kappa shape index (κ2) is 9.21. The molecule has 0 saturated carbocycles. The molecule has 1 amide bonds. The standard InChI is InChI=1S/C22H25N5O6S/c1-13(28)16-10-27(11-20(29)33-22(2,3)4)19-7-17(18(6-15(16)19)26-34(5,31)32)25-21(30)14-8-23-12-24-9-14/h6-10,12,26H,11H2,1-5H3,(H,25,30). The zero-order valence-corrected chi connectivity index (χ0v) is 20.2. The van der Waals surface area contributed by atoms with E-state index in [2.05, 4.69) is 20.0 Å². The molecule has 3 rings (SSSR count). The normalized spacial score (nSPS) is 11.8. The van der Waals surface area contributed by atoms with Crippen molar-refractivity contribution >= 4 is 50.0 Å². The summed E-state index contributed by atoms with van der Waals surface area (Å²) in [4.78, 5) is 45.0. The van der Waals surface area contributed by atoms with E-state index in [1.54, 1.807) is 20.8 Å². The van der Waals surface area contributed by atoms with Crippen LogP contribution >= 0.6 is 0 Å². The van der Waals surface area contributed by atoms with Crippen molar-refractivity contribution in [1.29, 1.82) is 0 Å². The lowest BCUT2D eigenvalue weighted by Crippen LogP contribution is -2.26. The van der Waals surface area contributed by atoms with Crippen LogP contribution in [0, 0.1) is 0 Å².